The van der Waals surface area contributed by atoms with E-state index in [1.807, 2.05) is 75.3 Å². The van der Waals surface area contributed by atoms with Gasteiger partial charge in [-0.3, -0.25) is 19.3 Å². The molecule has 2 saturated heterocycles. The first-order valence-corrected chi connectivity index (χ1v) is 20.0. The predicted molar refractivity (Wildman–Crippen MR) is 225 cm³/mol. The second kappa shape index (κ2) is 16.3. The van der Waals surface area contributed by atoms with Gasteiger partial charge in [-0.05, 0) is 78.0 Å². The molecule has 8 rings (SSSR count). The van der Waals surface area contributed by atoms with E-state index in [1.165, 1.54) is 0 Å². The zero-order chi connectivity index (χ0) is 41.4. The van der Waals surface area contributed by atoms with E-state index in [4.69, 9.17) is 0 Å². The molecule has 13 heteroatoms. The predicted octanol–water partition coefficient (Wildman–Crippen LogP) is 7.39. The number of ketones is 1. The van der Waals surface area contributed by atoms with Crippen molar-refractivity contribution in [3.8, 4) is 33.6 Å². The van der Waals surface area contributed by atoms with Crippen molar-refractivity contribution >= 4 is 34.5 Å². The van der Waals surface area contributed by atoms with E-state index >= 15 is 0 Å². The molecule has 2 aromatic heterocycles. The van der Waals surface area contributed by atoms with Gasteiger partial charge in [0, 0.05) is 18.5 Å². The first-order valence-electron chi connectivity index (χ1n) is 20.0. The van der Waals surface area contributed by atoms with E-state index in [0.717, 1.165) is 62.8 Å². The molecule has 2 aliphatic rings. The van der Waals surface area contributed by atoms with E-state index in [0.29, 0.717) is 18.2 Å². The number of carboxylic acid groups (broad SMARTS) is 1. The van der Waals surface area contributed by atoms with E-state index in [-0.39, 0.29) is 42.5 Å². The number of nitrogens with zero attached hydrogens (tertiary/aromatic N) is 5. The highest BCUT2D eigenvalue weighted by atomic mass is 16.4. The number of amides is 3. The molecule has 0 bridgehead atoms. The maximum Gasteiger partial charge on any atom is 0.405 e. The van der Waals surface area contributed by atoms with Gasteiger partial charge in [-0.1, -0.05) is 92.7 Å². The number of carbonyl (C=O) groups is 4. The molecule has 4 atom stereocenters. The molecule has 3 amide bonds. The Kier molecular flexibility index (Phi) is 10.9. The number of hydrogen-bond donors (Lipinski definition) is 4. The van der Waals surface area contributed by atoms with E-state index < -0.39 is 24.2 Å². The molecule has 4 heterocycles. The van der Waals surface area contributed by atoms with Crippen LogP contribution in [0.3, 0.4) is 0 Å². The summed E-state index contributed by atoms with van der Waals surface area (Å²) in [5.74, 6) is 0.745. The lowest BCUT2D eigenvalue weighted by molar-refractivity contribution is -0.138. The summed E-state index contributed by atoms with van der Waals surface area (Å²) in [7, 11) is 3.74. The molecule has 0 saturated carbocycles. The van der Waals surface area contributed by atoms with Gasteiger partial charge < -0.3 is 30.2 Å². The van der Waals surface area contributed by atoms with Gasteiger partial charge in [0.25, 0.3) is 0 Å². The van der Waals surface area contributed by atoms with Gasteiger partial charge in [0.1, 0.15) is 23.7 Å². The average molecular weight is 793 g/mol. The number of aromatic nitrogens is 4. The van der Waals surface area contributed by atoms with Gasteiger partial charge in [-0.25, -0.2) is 14.8 Å². The molecule has 4 N–H and O–H groups in total. The van der Waals surface area contributed by atoms with Gasteiger partial charge in [-0.15, -0.1) is 0 Å². The Morgan fingerprint density at radius 1 is 0.763 bits per heavy atom. The third kappa shape index (κ3) is 7.98. The summed E-state index contributed by atoms with van der Waals surface area (Å²) >= 11 is 0. The Morgan fingerprint density at radius 2 is 1.36 bits per heavy atom. The zero-order valence-electron chi connectivity index (χ0n) is 33.6. The van der Waals surface area contributed by atoms with Gasteiger partial charge in [0.15, 0.2) is 5.78 Å². The van der Waals surface area contributed by atoms with Crippen LogP contribution in [0.2, 0.25) is 0 Å². The molecule has 59 heavy (non-hydrogen) atoms. The zero-order valence-corrected chi connectivity index (χ0v) is 33.6. The number of Topliss-reactive ketones (excluding diaryl/α,β-unsaturated/α-hetero) is 1. The summed E-state index contributed by atoms with van der Waals surface area (Å²) in [6, 6.07) is 28.4. The van der Waals surface area contributed by atoms with Crippen LogP contribution in [0.25, 0.3) is 44.4 Å². The maximum absolute atomic E-state index is 13.9. The average Bonchev–Trinajstić information content (AvgIpc) is 4.07. The summed E-state index contributed by atoms with van der Waals surface area (Å²) in [4.78, 5) is 72.9. The Balaban J connectivity index is 0.956. The minimum atomic E-state index is -1.21. The number of aromatic amines is 2. The standard InChI is InChI=1S/C46H48N8O5/c1-27(2)40(51-46(58)59)44(56)53-20-8-11-38(53)42-47-25-37(50-42)34-19-18-32-21-31(16-17-33(32)22-34)28-12-14-29(15-13-28)36-24-48-43(49-36)39-23-35(55)26-54(39)45(57)41(52(3)4)30-9-6-5-7-10-30/h5-7,9-10,12-19,21-22,24-25,27,38-41,51H,8,11,20,23,26H2,1-4H3,(H,47,50)(H,48,49)(H,58,59). The van der Waals surface area contributed by atoms with Crippen LogP contribution in [-0.4, -0.2) is 96.7 Å². The van der Waals surface area contributed by atoms with E-state index in [1.54, 1.807) is 22.2 Å². The van der Waals surface area contributed by atoms with Crippen molar-refractivity contribution < 1.29 is 24.3 Å². The van der Waals surface area contributed by atoms with Crippen LogP contribution in [0.1, 0.15) is 68.4 Å². The number of benzene rings is 4. The summed E-state index contributed by atoms with van der Waals surface area (Å²) in [6.07, 6.45) is 4.12. The molecule has 0 aliphatic carbocycles. The van der Waals surface area contributed by atoms with Crippen molar-refractivity contribution in [2.45, 2.75) is 57.3 Å². The highest BCUT2D eigenvalue weighted by Gasteiger charge is 2.41. The monoisotopic (exact) mass is 792 g/mol. The molecule has 0 spiro atoms. The van der Waals surface area contributed by atoms with Crippen molar-refractivity contribution in [2.75, 3.05) is 27.2 Å². The summed E-state index contributed by atoms with van der Waals surface area (Å²) in [5, 5.41) is 13.9. The third-order valence-corrected chi connectivity index (χ3v) is 11.5. The van der Waals surface area contributed by atoms with Crippen molar-refractivity contribution in [1.82, 2.24) is 40.0 Å². The summed E-state index contributed by atoms with van der Waals surface area (Å²) < 4.78 is 0. The molecule has 2 aliphatic heterocycles. The number of rotatable bonds is 11. The topological polar surface area (TPSA) is 168 Å². The quantitative estimate of drug-likeness (QED) is 0.105. The minimum absolute atomic E-state index is 0.00799. The SMILES string of the molecule is CC(C)C(NC(=O)O)C(=O)N1CCCC1c1ncc(-c2ccc3cc(-c4ccc(-c5cnc(C6CC(=O)CN6C(=O)C(c6ccccc6)N(C)C)[nH]5)cc4)ccc3c2)[nH]1. The Bertz CT molecular complexity index is 2510. The Hall–Kier alpha value is -6.60. The first-order chi connectivity index (χ1) is 28.4. The smallest absolute Gasteiger partial charge is 0.405 e. The Morgan fingerprint density at radius 3 is 2.00 bits per heavy atom. The fourth-order valence-electron chi connectivity index (χ4n) is 8.50. The van der Waals surface area contributed by atoms with Crippen LogP contribution < -0.4 is 5.32 Å². The first kappa shape index (κ1) is 39.2. The fourth-order valence-corrected chi connectivity index (χ4v) is 8.50. The molecular formula is C46H48N8O5. The van der Waals surface area contributed by atoms with Crippen LogP contribution in [0.4, 0.5) is 4.79 Å². The lowest BCUT2D eigenvalue weighted by Gasteiger charge is -2.31. The number of nitrogens with one attached hydrogen (secondary N) is 3. The molecule has 2 fully saturated rings. The van der Waals surface area contributed by atoms with Crippen molar-refractivity contribution in [3.63, 3.8) is 0 Å². The van der Waals surface area contributed by atoms with Crippen LogP contribution in [-0.2, 0) is 14.4 Å². The third-order valence-electron chi connectivity index (χ3n) is 11.5. The van der Waals surface area contributed by atoms with Gasteiger partial charge in [0.2, 0.25) is 11.8 Å². The van der Waals surface area contributed by atoms with Crippen LogP contribution in [0, 0.1) is 5.92 Å². The van der Waals surface area contributed by atoms with Gasteiger partial charge >= 0.3 is 6.09 Å². The highest BCUT2D eigenvalue weighted by molar-refractivity contribution is 5.93. The largest absolute Gasteiger partial charge is 0.465 e. The number of carbonyl (C=O) groups excluding carboxylic acids is 3. The molecule has 302 valence electrons. The second-order valence-electron chi connectivity index (χ2n) is 16.1. The van der Waals surface area contributed by atoms with Crippen molar-refractivity contribution in [1.29, 1.82) is 0 Å². The number of likely N-dealkylation sites (tertiary alicyclic amines) is 2. The van der Waals surface area contributed by atoms with Crippen LogP contribution in [0.15, 0.2) is 103 Å². The lowest BCUT2D eigenvalue weighted by Crippen LogP contribution is -2.50. The molecular weight excluding hydrogens is 745 g/mol. The number of likely N-dealkylation sites (N-methyl/N-ethyl adjacent to an activating group) is 1. The molecule has 6 aromatic rings. The fraction of sp³-hybridized carbons (Fsp3) is 0.304. The Labute approximate surface area is 342 Å². The van der Waals surface area contributed by atoms with E-state index in [9.17, 15) is 24.3 Å². The van der Waals surface area contributed by atoms with Crippen LogP contribution in [0.5, 0.6) is 0 Å². The number of hydrogen-bond acceptors (Lipinski definition) is 7. The van der Waals surface area contributed by atoms with Gasteiger partial charge in [0.05, 0.1) is 42.4 Å². The number of imidazole rings is 2. The summed E-state index contributed by atoms with van der Waals surface area (Å²) in [5.41, 5.74) is 6.56. The molecule has 0 radical (unpaired) electrons. The maximum atomic E-state index is 13.9. The van der Waals surface area contributed by atoms with Crippen molar-refractivity contribution in [2.24, 2.45) is 5.92 Å². The number of H-pyrrole nitrogens is 2. The van der Waals surface area contributed by atoms with Crippen LogP contribution >= 0.6 is 0 Å². The highest BCUT2D eigenvalue weighted by Crippen LogP contribution is 2.36. The van der Waals surface area contributed by atoms with Crippen molar-refractivity contribution in [3.05, 3.63) is 121 Å². The molecule has 13 nitrogen and oxygen atoms in total. The lowest BCUT2D eigenvalue weighted by atomic mass is 9.98. The summed E-state index contributed by atoms with van der Waals surface area (Å²) in [6.45, 7) is 4.28. The van der Waals surface area contributed by atoms with Gasteiger partial charge in [-0.2, -0.15) is 0 Å². The number of fused-ring (bicyclic) bond motifs is 1. The normalized spacial score (nSPS) is 17.9. The minimum Gasteiger partial charge on any atom is -0.465 e. The van der Waals surface area contributed by atoms with E-state index in [2.05, 4.69) is 73.8 Å². The molecule has 4 aromatic carbocycles. The molecule has 4 unspecified atom stereocenters. The second-order valence-corrected chi connectivity index (χ2v) is 16.1.